The molecule has 0 saturated heterocycles. The number of carbonyl (C=O) groups is 2. The zero-order chi connectivity index (χ0) is 13.7. The van der Waals surface area contributed by atoms with Gasteiger partial charge in [0.15, 0.2) is 0 Å². The molecule has 0 aliphatic heterocycles. The Labute approximate surface area is 111 Å². The number of nitro groups is 1. The van der Waals surface area contributed by atoms with Gasteiger partial charge in [-0.3, -0.25) is 14.9 Å². The number of hydrogen-bond donors (Lipinski definition) is 2. The van der Waals surface area contributed by atoms with Crippen molar-refractivity contribution >= 4 is 34.9 Å². The Kier molecular flexibility index (Phi) is 6.17. The standard InChI is InChI=1S/C10H7ClN2O5.H2O/c11-7-5-6(13(17)18)1-2-8(7)12-9(14)3-4-10(15)16;/h1-5H,(H,12,14)(H,15,16);1H2/b4-3-;. The summed E-state index contributed by atoms with van der Waals surface area (Å²) in [4.78, 5) is 31.2. The van der Waals surface area contributed by atoms with Crippen molar-refractivity contribution < 1.29 is 25.1 Å². The highest BCUT2D eigenvalue weighted by atomic mass is 35.5. The van der Waals surface area contributed by atoms with Gasteiger partial charge in [-0.05, 0) is 6.07 Å². The van der Waals surface area contributed by atoms with E-state index in [1.54, 1.807) is 0 Å². The molecule has 0 aromatic heterocycles. The molecule has 1 rings (SSSR count). The van der Waals surface area contributed by atoms with Crippen LogP contribution in [0.4, 0.5) is 11.4 Å². The molecular weight excluding hydrogens is 280 g/mol. The number of benzene rings is 1. The normalized spacial score (nSPS) is 9.74. The lowest BCUT2D eigenvalue weighted by Crippen LogP contribution is -2.09. The van der Waals surface area contributed by atoms with Gasteiger partial charge in [0.1, 0.15) is 0 Å². The highest BCUT2D eigenvalue weighted by Gasteiger charge is 2.10. The van der Waals surface area contributed by atoms with E-state index in [2.05, 4.69) is 5.32 Å². The number of halogens is 1. The Morgan fingerprint density at radius 2 is 2.00 bits per heavy atom. The number of anilines is 1. The van der Waals surface area contributed by atoms with Gasteiger partial charge in [0, 0.05) is 24.3 Å². The fourth-order valence-corrected chi connectivity index (χ4v) is 1.26. The van der Waals surface area contributed by atoms with E-state index in [0.717, 1.165) is 12.1 Å². The van der Waals surface area contributed by atoms with Gasteiger partial charge in [-0.2, -0.15) is 0 Å². The number of hydrogen-bond acceptors (Lipinski definition) is 4. The van der Waals surface area contributed by atoms with Crippen LogP contribution in [-0.4, -0.2) is 27.4 Å². The van der Waals surface area contributed by atoms with E-state index in [1.807, 2.05) is 0 Å². The van der Waals surface area contributed by atoms with E-state index in [-0.39, 0.29) is 21.9 Å². The lowest BCUT2D eigenvalue weighted by atomic mass is 10.3. The summed E-state index contributed by atoms with van der Waals surface area (Å²) in [6.07, 6.45) is 1.47. The Balaban J connectivity index is 0.00000324. The van der Waals surface area contributed by atoms with Crippen molar-refractivity contribution in [3.8, 4) is 0 Å². The molecular formula is C10H9ClN2O6. The highest BCUT2D eigenvalue weighted by Crippen LogP contribution is 2.26. The summed E-state index contributed by atoms with van der Waals surface area (Å²) in [6.45, 7) is 0. The van der Waals surface area contributed by atoms with E-state index >= 15 is 0 Å². The Morgan fingerprint density at radius 1 is 1.37 bits per heavy atom. The number of non-ortho nitro benzene ring substituents is 1. The summed E-state index contributed by atoms with van der Waals surface area (Å²) in [5.74, 6) is -1.96. The molecule has 0 bridgehead atoms. The van der Waals surface area contributed by atoms with Crippen molar-refractivity contribution in [2.45, 2.75) is 0 Å². The number of carboxylic acids is 1. The molecule has 4 N–H and O–H groups in total. The van der Waals surface area contributed by atoms with E-state index in [0.29, 0.717) is 6.08 Å². The topological polar surface area (TPSA) is 141 Å². The maximum absolute atomic E-state index is 11.2. The van der Waals surface area contributed by atoms with Gasteiger partial charge < -0.3 is 15.9 Å². The Morgan fingerprint density at radius 3 is 2.47 bits per heavy atom. The Hall–Kier alpha value is -2.45. The molecule has 8 nitrogen and oxygen atoms in total. The van der Waals surface area contributed by atoms with E-state index < -0.39 is 16.8 Å². The van der Waals surface area contributed by atoms with Crippen LogP contribution in [0.5, 0.6) is 0 Å². The molecule has 0 aliphatic rings. The van der Waals surface area contributed by atoms with Crippen LogP contribution in [-0.2, 0) is 9.59 Å². The monoisotopic (exact) mass is 288 g/mol. The van der Waals surface area contributed by atoms with Crippen molar-refractivity contribution in [3.05, 3.63) is 45.5 Å². The van der Waals surface area contributed by atoms with Crippen molar-refractivity contribution in [1.29, 1.82) is 0 Å². The Bertz CT molecular complexity index is 543. The summed E-state index contributed by atoms with van der Waals surface area (Å²) < 4.78 is 0. The van der Waals surface area contributed by atoms with Crippen molar-refractivity contribution in [2.75, 3.05) is 5.32 Å². The second-order valence-corrected chi connectivity index (χ2v) is 3.49. The van der Waals surface area contributed by atoms with Crippen LogP contribution in [0, 0.1) is 10.1 Å². The summed E-state index contributed by atoms with van der Waals surface area (Å²) in [5.41, 5.74) is -0.0543. The third kappa shape index (κ3) is 5.15. The average molecular weight is 289 g/mol. The number of carboxylic acid groups (broad SMARTS) is 1. The van der Waals surface area contributed by atoms with Gasteiger partial charge in [-0.15, -0.1) is 0 Å². The number of aliphatic carboxylic acids is 1. The SMILES string of the molecule is O.O=C(O)/C=C\C(=O)Nc1ccc([N+](=O)[O-])cc1Cl. The van der Waals surface area contributed by atoms with Crippen LogP contribution < -0.4 is 5.32 Å². The summed E-state index contributed by atoms with van der Waals surface area (Å²) in [5, 5.41) is 21.0. The summed E-state index contributed by atoms with van der Waals surface area (Å²) in [7, 11) is 0. The minimum absolute atomic E-state index is 0. The summed E-state index contributed by atoms with van der Waals surface area (Å²) >= 11 is 5.72. The number of nitrogens with one attached hydrogen (secondary N) is 1. The first-order valence-electron chi connectivity index (χ1n) is 4.56. The molecule has 1 aromatic carbocycles. The van der Waals surface area contributed by atoms with Gasteiger partial charge in [-0.25, -0.2) is 4.79 Å². The third-order valence-corrected chi connectivity index (χ3v) is 2.11. The lowest BCUT2D eigenvalue weighted by Gasteiger charge is -2.04. The van der Waals surface area contributed by atoms with Gasteiger partial charge in [0.25, 0.3) is 5.69 Å². The van der Waals surface area contributed by atoms with E-state index in [1.165, 1.54) is 12.1 Å². The van der Waals surface area contributed by atoms with Gasteiger partial charge >= 0.3 is 5.97 Å². The average Bonchev–Trinajstić information content (AvgIpc) is 2.29. The molecule has 0 heterocycles. The predicted octanol–water partition coefficient (Wildman–Crippen LogP) is 1.00. The summed E-state index contributed by atoms with van der Waals surface area (Å²) in [6, 6.07) is 3.51. The van der Waals surface area contributed by atoms with Gasteiger partial charge in [0.05, 0.1) is 15.6 Å². The first kappa shape index (κ1) is 16.6. The molecule has 9 heteroatoms. The maximum Gasteiger partial charge on any atom is 0.328 e. The van der Waals surface area contributed by atoms with E-state index in [9.17, 15) is 19.7 Å². The lowest BCUT2D eigenvalue weighted by molar-refractivity contribution is -0.384. The molecule has 0 spiro atoms. The minimum atomic E-state index is -1.26. The molecule has 19 heavy (non-hydrogen) atoms. The van der Waals surface area contributed by atoms with Crippen LogP contribution in [0.15, 0.2) is 30.4 Å². The molecule has 0 saturated carbocycles. The number of amides is 1. The van der Waals surface area contributed by atoms with Gasteiger partial charge in [0.2, 0.25) is 5.91 Å². The molecule has 1 aromatic rings. The van der Waals surface area contributed by atoms with E-state index in [4.69, 9.17) is 16.7 Å². The number of rotatable bonds is 4. The number of nitro benzene ring substituents is 1. The van der Waals surface area contributed by atoms with Crippen molar-refractivity contribution in [1.82, 2.24) is 0 Å². The fraction of sp³-hybridized carbons (Fsp3) is 0. The smallest absolute Gasteiger partial charge is 0.328 e. The van der Waals surface area contributed by atoms with Crippen LogP contribution in [0.1, 0.15) is 0 Å². The van der Waals surface area contributed by atoms with Crippen LogP contribution >= 0.6 is 11.6 Å². The maximum atomic E-state index is 11.2. The van der Waals surface area contributed by atoms with Crippen molar-refractivity contribution in [3.63, 3.8) is 0 Å². The van der Waals surface area contributed by atoms with Crippen molar-refractivity contribution in [2.24, 2.45) is 0 Å². The second kappa shape index (κ2) is 7.09. The molecule has 102 valence electrons. The second-order valence-electron chi connectivity index (χ2n) is 3.08. The molecule has 0 atom stereocenters. The van der Waals surface area contributed by atoms with Crippen LogP contribution in [0.2, 0.25) is 5.02 Å². The predicted molar refractivity (Wildman–Crippen MR) is 67.1 cm³/mol. The molecule has 0 fully saturated rings. The van der Waals surface area contributed by atoms with Crippen LogP contribution in [0.25, 0.3) is 0 Å². The molecule has 1 amide bonds. The number of carbonyl (C=O) groups excluding carboxylic acids is 1. The first-order valence-corrected chi connectivity index (χ1v) is 4.94. The fourth-order valence-electron chi connectivity index (χ4n) is 1.04. The number of nitrogens with zero attached hydrogens (tertiary/aromatic N) is 1. The molecule has 0 unspecified atom stereocenters. The zero-order valence-corrected chi connectivity index (χ0v) is 10.0. The quantitative estimate of drug-likeness (QED) is 0.483. The zero-order valence-electron chi connectivity index (χ0n) is 9.29. The minimum Gasteiger partial charge on any atom is -0.478 e. The van der Waals surface area contributed by atoms with Gasteiger partial charge in [-0.1, -0.05) is 11.6 Å². The molecule has 0 radical (unpaired) electrons. The highest BCUT2D eigenvalue weighted by molar-refractivity contribution is 6.34. The molecule has 0 aliphatic carbocycles. The van der Waals surface area contributed by atoms with Crippen LogP contribution in [0.3, 0.4) is 0 Å². The first-order chi connectivity index (χ1) is 8.40. The largest absolute Gasteiger partial charge is 0.478 e. The third-order valence-electron chi connectivity index (χ3n) is 1.80.